The van der Waals surface area contributed by atoms with Gasteiger partial charge >= 0.3 is 0 Å². The van der Waals surface area contributed by atoms with Crippen molar-refractivity contribution in [2.75, 3.05) is 24.5 Å². The monoisotopic (exact) mass is 471 g/mol. The highest BCUT2D eigenvalue weighted by Crippen LogP contribution is 2.41. The molecule has 5 aromatic rings. The third-order valence-electron chi connectivity index (χ3n) is 8.07. The molecule has 176 valence electrons. The summed E-state index contributed by atoms with van der Waals surface area (Å²) in [4.78, 5) is 25.7. The fourth-order valence-corrected chi connectivity index (χ4v) is 6.28. The van der Waals surface area contributed by atoms with Gasteiger partial charge in [-0.2, -0.15) is 0 Å². The zero-order chi connectivity index (χ0) is 23.6. The normalized spacial score (nSPS) is 21.2. The number of H-pyrrole nitrogens is 1. The predicted molar refractivity (Wildman–Crippen MR) is 144 cm³/mol. The quantitative estimate of drug-likeness (QED) is 0.391. The molecule has 2 aliphatic heterocycles. The number of fused-ring (bicyclic) bond motifs is 5. The molecule has 0 bridgehead atoms. The molecule has 0 radical (unpaired) electrons. The molecular weight excluding hydrogens is 446 g/mol. The second kappa shape index (κ2) is 7.70. The van der Waals surface area contributed by atoms with Crippen LogP contribution in [0.2, 0.25) is 0 Å². The number of anilines is 1. The van der Waals surface area contributed by atoms with E-state index in [1.165, 1.54) is 12.0 Å². The van der Waals surface area contributed by atoms with Crippen molar-refractivity contribution in [2.45, 2.75) is 18.9 Å². The minimum atomic E-state index is 0.495. The number of hydrogen-bond donors (Lipinski definition) is 2. The van der Waals surface area contributed by atoms with Crippen molar-refractivity contribution in [3.05, 3.63) is 72.7 Å². The Morgan fingerprint density at radius 1 is 0.972 bits per heavy atom. The minimum Gasteiger partial charge on any atom is -0.353 e. The Hall–Kier alpha value is -4.10. The standard InChI is InChI=1S/C29H25N7/c1-2-7-22-19(6-1)25-20(8-12-32-28(25)33-22)27-34-23-16-31-15-21(17-4-3-5-17)26(23)29(35-27)36-13-10-18-14-30-11-9-24(18)36/h1-8,12,15-16,18,24,30H,9-11,13-14H2,(H,32,33). The number of para-hydroxylation sites is 1. The Morgan fingerprint density at radius 2 is 1.92 bits per heavy atom. The number of nitrogens with one attached hydrogen (secondary N) is 2. The Kier molecular flexibility index (Phi) is 4.30. The second-order valence-corrected chi connectivity index (χ2v) is 9.99. The van der Waals surface area contributed by atoms with E-state index in [1.54, 1.807) is 0 Å². The zero-order valence-corrected chi connectivity index (χ0v) is 19.8. The van der Waals surface area contributed by atoms with Crippen LogP contribution in [0.15, 0.2) is 67.2 Å². The summed E-state index contributed by atoms with van der Waals surface area (Å²) in [5.41, 5.74) is 6.11. The lowest BCUT2D eigenvalue weighted by Crippen LogP contribution is -2.44. The summed E-state index contributed by atoms with van der Waals surface area (Å²) in [6.45, 7) is 3.15. The Morgan fingerprint density at radius 3 is 2.83 bits per heavy atom. The van der Waals surface area contributed by atoms with Crippen LogP contribution >= 0.6 is 0 Å². The van der Waals surface area contributed by atoms with E-state index in [0.717, 1.165) is 81.7 Å². The molecule has 2 saturated heterocycles. The summed E-state index contributed by atoms with van der Waals surface area (Å²) in [6.07, 6.45) is 14.4. The van der Waals surface area contributed by atoms with Crippen LogP contribution in [-0.2, 0) is 0 Å². The molecule has 6 heterocycles. The van der Waals surface area contributed by atoms with Gasteiger partial charge in [-0.3, -0.25) is 4.98 Å². The van der Waals surface area contributed by atoms with Crippen molar-refractivity contribution in [1.29, 1.82) is 0 Å². The maximum absolute atomic E-state index is 5.36. The molecule has 7 nitrogen and oxygen atoms in total. The van der Waals surface area contributed by atoms with Gasteiger partial charge in [-0.05, 0) is 49.6 Å². The summed E-state index contributed by atoms with van der Waals surface area (Å²) in [5.74, 6) is 2.42. The van der Waals surface area contributed by atoms with Gasteiger partial charge in [0.2, 0.25) is 0 Å². The number of allylic oxidation sites excluding steroid dienone is 4. The topological polar surface area (TPSA) is 82.6 Å². The lowest BCUT2D eigenvalue weighted by molar-refractivity contribution is 0.360. The molecule has 3 aliphatic rings. The van der Waals surface area contributed by atoms with Crippen LogP contribution < -0.4 is 10.2 Å². The fraction of sp³-hybridized carbons (Fsp3) is 0.241. The van der Waals surface area contributed by atoms with E-state index in [4.69, 9.17) is 9.97 Å². The number of hydrogen-bond acceptors (Lipinski definition) is 6. The summed E-state index contributed by atoms with van der Waals surface area (Å²) >= 11 is 0. The molecule has 2 fully saturated rings. The van der Waals surface area contributed by atoms with Gasteiger partial charge in [-0.1, -0.05) is 36.4 Å². The third kappa shape index (κ3) is 2.89. The zero-order valence-electron chi connectivity index (χ0n) is 19.8. The van der Waals surface area contributed by atoms with E-state index < -0.39 is 0 Å². The maximum Gasteiger partial charge on any atom is 0.163 e. The van der Waals surface area contributed by atoms with Gasteiger partial charge in [-0.15, -0.1) is 0 Å². The van der Waals surface area contributed by atoms with Gasteiger partial charge in [0.05, 0.1) is 17.1 Å². The molecule has 4 aromatic heterocycles. The number of aromatic nitrogens is 5. The number of piperidine rings is 1. The van der Waals surface area contributed by atoms with Crippen LogP contribution in [0.5, 0.6) is 0 Å². The van der Waals surface area contributed by atoms with Crippen LogP contribution in [0.25, 0.3) is 49.8 Å². The molecule has 36 heavy (non-hydrogen) atoms. The number of pyridine rings is 2. The Labute approximate surface area is 208 Å². The van der Waals surface area contributed by atoms with Gasteiger partial charge in [0, 0.05) is 52.4 Å². The van der Waals surface area contributed by atoms with Gasteiger partial charge < -0.3 is 15.2 Å². The van der Waals surface area contributed by atoms with Crippen LogP contribution in [0, 0.1) is 5.92 Å². The molecule has 0 saturated carbocycles. The molecule has 2 N–H and O–H groups in total. The first-order valence-corrected chi connectivity index (χ1v) is 12.7. The molecule has 1 aliphatic carbocycles. The molecule has 0 amide bonds. The van der Waals surface area contributed by atoms with Crippen LogP contribution in [0.1, 0.15) is 18.4 Å². The lowest BCUT2D eigenvalue weighted by atomic mass is 9.93. The molecule has 1 aromatic carbocycles. The number of aromatic amines is 1. The van der Waals surface area contributed by atoms with Crippen molar-refractivity contribution in [2.24, 2.45) is 5.92 Å². The molecule has 0 spiro atoms. The van der Waals surface area contributed by atoms with Crippen molar-refractivity contribution in [3.63, 3.8) is 0 Å². The van der Waals surface area contributed by atoms with Crippen LogP contribution in [0.3, 0.4) is 0 Å². The Bertz CT molecular complexity index is 1730. The minimum absolute atomic E-state index is 0.495. The second-order valence-electron chi connectivity index (χ2n) is 9.99. The predicted octanol–water partition coefficient (Wildman–Crippen LogP) is 4.86. The van der Waals surface area contributed by atoms with Gasteiger partial charge in [-0.25, -0.2) is 15.0 Å². The van der Waals surface area contributed by atoms with Gasteiger partial charge in [0.15, 0.2) is 5.82 Å². The largest absolute Gasteiger partial charge is 0.353 e. The third-order valence-corrected chi connectivity index (χ3v) is 8.07. The average molecular weight is 472 g/mol. The molecule has 7 heteroatoms. The highest BCUT2D eigenvalue weighted by Gasteiger charge is 2.38. The number of rotatable bonds is 3. The highest BCUT2D eigenvalue weighted by molar-refractivity contribution is 6.13. The van der Waals surface area contributed by atoms with E-state index >= 15 is 0 Å². The number of benzene rings is 1. The summed E-state index contributed by atoms with van der Waals surface area (Å²) in [7, 11) is 0. The summed E-state index contributed by atoms with van der Waals surface area (Å²) < 4.78 is 0. The lowest BCUT2D eigenvalue weighted by Gasteiger charge is -2.34. The van der Waals surface area contributed by atoms with E-state index in [2.05, 4.69) is 61.6 Å². The maximum atomic E-state index is 5.36. The molecule has 2 unspecified atom stereocenters. The SMILES string of the molecule is C1=CC(c2cncc3nc(-c4ccnc5[nH]c6ccccc6c45)nc(N4CCC5CNCCC54)c23)=C1. The van der Waals surface area contributed by atoms with E-state index in [1.807, 2.05) is 30.7 Å². The van der Waals surface area contributed by atoms with Crippen molar-refractivity contribution < 1.29 is 0 Å². The first kappa shape index (κ1) is 20.1. The van der Waals surface area contributed by atoms with E-state index in [-0.39, 0.29) is 0 Å². The van der Waals surface area contributed by atoms with Crippen LogP contribution in [-0.4, -0.2) is 50.6 Å². The number of nitrogens with zero attached hydrogens (tertiary/aromatic N) is 5. The van der Waals surface area contributed by atoms with Crippen molar-refractivity contribution >= 4 is 44.2 Å². The fourth-order valence-electron chi connectivity index (χ4n) is 6.28. The molecule has 2 atom stereocenters. The van der Waals surface area contributed by atoms with Crippen molar-refractivity contribution in [1.82, 2.24) is 30.2 Å². The van der Waals surface area contributed by atoms with E-state index in [0.29, 0.717) is 12.0 Å². The average Bonchev–Trinajstić information content (AvgIpc) is 3.49. The van der Waals surface area contributed by atoms with Gasteiger partial charge in [0.1, 0.15) is 11.5 Å². The first-order valence-electron chi connectivity index (χ1n) is 12.7. The summed E-state index contributed by atoms with van der Waals surface area (Å²) in [6, 6.07) is 10.9. The Balaban J connectivity index is 1.41. The van der Waals surface area contributed by atoms with Crippen molar-refractivity contribution in [3.8, 4) is 11.4 Å². The first-order chi connectivity index (χ1) is 17.8. The highest BCUT2D eigenvalue weighted by atomic mass is 15.3. The van der Waals surface area contributed by atoms with Crippen LogP contribution in [0.4, 0.5) is 5.82 Å². The van der Waals surface area contributed by atoms with E-state index in [9.17, 15) is 0 Å². The summed E-state index contributed by atoms with van der Waals surface area (Å²) in [5, 5.41) is 6.89. The molecular formula is C29H25N7. The molecule has 8 rings (SSSR count). The smallest absolute Gasteiger partial charge is 0.163 e. The van der Waals surface area contributed by atoms with Gasteiger partial charge in [0.25, 0.3) is 0 Å².